The van der Waals surface area contributed by atoms with E-state index in [0.717, 1.165) is 17.0 Å². The summed E-state index contributed by atoms with van der Waals surface area (Å²) >= 11 is 1.73. The van der Waals surface area contributed by atoms with Gasteiger partial charge in [-0.15, -0.1) is 11.3 Å². The van der Waals surface area contributed by atoms with E-state index in [2.05, 4.69) is 5.32 Å². The Balaban J connectivity index is 1.87. The highest BCUT2D eigenvalue weighted by molar-refractivity contribution is 7.11. The monoisotopic (exact) mass is 276 g/mol. The van der Waals surface area contributed by atoms with Crippen LogP contribution in [-0.4, -0.2) is 12.0 Å². The number of hydrogen-bond donors (Lipinski definition) is 1. The lowest BCUT2D eigenvalue weighted by atomic mass is 9.98. The number of fused-ring (bicyclic) bond motifs is 1. The van der Waals surface area contributed by atoms with Gasteiger partial charge in [0.15, 0.2) is 0 Å². The number of thiazole rings is 1. The maximum absolute atomic E-state index is 13.7. The van der Waals surface area contributed by atoms with Gasteiger partial charge in [0.2, 0.25) is 0 Å². The molecule has 0 saturated heterocycles. The normalized spacial score (nSPS) is 18.3. The van der Waals surface area contributed by atoms with Gasteiger partial charge in [-0.1, -0.05) is 18.2 Å². The van der Waals surface area contributed by atoms with Crippen LogP contribution < -0.4 is 5.32 Å². The molecule has 3 rings (SSSR count). The Hall–Kier alpha value is -1.26. The fourth-order valence-electron chi connectivity index (χ4n) is 2.63. The molecule has 0 bridgehead atoms. The average Bonchev–Trinajstić information content (AvgIpc) is 2.83. The maximum atomic E-state index is 13.7. The second-order valence-electron chi connectivity index (χ2n) is 4.92. The number of hydrogen-bond acceptors (Lipinski definition) is 3. The zero-order valence-electron chi connectivity index (χ0n) is 10.9. The fraction of sp³-hybridized carbons (Fsp3) is 0.400. The Morgan fingerprint density at radius 1 is 1.42 bits per heavy atom. The van der Waals surface area contributed by atoms with Crippen LogP contribution in [0.2, 0.25) is 0 Å². The van der Waals surface area contributed by atoms with Gasteiger partial charge in [-0.2, -0.15) is 0 Å². The van der Waals surface area contributed by atoms with Crippen LogP contribution in [0.15, 0.2) is 24.3 Å². The van der Waals surface area contributed by atoms with Crippen LogP contribution in [-0.2, 0) is 12.8 Å². The molecule has 4 heteroatoms. The highest BCUT2D eigenvalue weighted by atomic mass is 32.1. The molecule has 2 aromatic rings. The molecule has 1 aromatic heterocycles. The molecule has 2 nitrogen and oxygen atoms in total. The minimum absolute atomic E-state index is 0.138. The van der Waals surface area contributed by atoms with E-state index in [4.69, 9.17) is 4.98 Å². The van der Waals surface area contributed by atoms with Crippen molar-refractivity contribution >= 4 is 11.3 Å². The summed E-state index contributed by atoms with van der Waals surface area (Å²) in [5.41, 5.74) is 1.94. The number of nitrogens with one attached hydrogen (secondary N) is 1. The first-order valence-corrected chi connectivity index (χ1v) is 7.48. The van der Waals surface area contributed by atoms with Crippen LogP contribution in [0.3, 0.4) is 0 Å². The first kappa shape index (κ1) is 12.8. The van der Waals surface area contributed by atoms with E-state index < -0.39 is 0 Å². The van der Waals surface area contributed by atoms with Gasteiger partial charge >= 0.3 is 0 Å². The van der Waals surface area contributed by atoms with Crippen molar-refractivity contribution in [3.63, 3.8) is 0 Å². The summed E-state index contributed by atoms with van der Waals surface area (Å²) in [5.74, 6) is -0.138. The molecule has 1 heterocycles. The Morgan fingerprint density at radius 3 is 3.05 bits per heavy atom. The zero-order valence-corrected chi connectivity index (χ0v) is 11.8. The van der Waals surface area contributed by atoms with Crippen molar-refractivity contribution in [2.45, 2.75) is 31.7 Å². The first-order valence-electron chi connectivity index (χ1n) is 6.67. The van der Waals surface area contributed by atoms with Crippen molar-refractivity contribution in [3.8, 4) is 0 Å². The third-order valence-corrected chi connectivity index (χ3v) is 4.85. The van der Waals surface area contributed by atoms with Crippen LogP contribution in [0.25, 0.3) is 0 Å². The van der Waals surface area contributed by atoms with Crippen molar-refractivity contribution in [1.29, 1.82) is 0 Å². The van der Waals surface area contributed by atoms with Crippen LogP contribution in [0.5, 0.6) is 0 Å². The lowest BCUT2D eigenvalue weighted by Gasteiger charge is -2.20. The second-order valence-corrected chi connectivity index (χ2v) is 6.04. The Kier molecular flexibility index (Phi) is 3.62. The Labute approximate surface area is 116 Å². The molecule has 0 fully saturated rings. The number of nitrogens with zero attached hydrogens (tertiary/aromatic N) is 1. The smallest absolute Gasteiger partial charge is 0.126 e. The molecule has 0 radical (unpaired) electrons. The molecular weight excluding hydrogens is 259 g/mol. The van der Waals surface area contributed by atoms with E-state index in [1.807, 2.05) is 19.2 Å². The van der Waals surface area contributed by atoms with Gasteiger partial charge in [0.1, 0.15) is 5.82 Å². The van der Waals surface area contributed by atoms with Crippen LogP contribution in [0.1, 0.15) is 40.0 Å². The van der Waals surface area contributed by atoms with E-state index in [0.29, 0.717) is 12.5 Å². The van der Waals surface area contributed by atoms with Crippen molar-refractivity contribution in [1.82, 2.24) is 10.3 Å². The van der Waals surface area contributed by atoms with E-state index in [1.54, 1.807) is 17.4 Å². The quantitative estimate of drug-likeness (QED) is 0.928. The Morgan fingerprint density at radius 2 is 2.26 bits per heavy atom. The Bertz CT molecular complexity index is 579. The zero-order chi connectivity index (χ0) is 13.2. The van der Waals surface area contributed by atoms with Gasteiger partial charge < -0.3 is 5.32 Å². The molecule has 1 N–H and O–H groups in total. The standard InChI is InChI=1S/C15H17FN2S/c1-17-12-7-4-8-13-15(12)19-14(18-13)9-10-5-2-3-6-11(10)16/h2-3,5-6,12,17H,4,7-9H2,1H3. The number of aryl methyl sites for hydroxylation is 1. The highest BCUT2D eigenvalue weighted by Gasteiger charge is 2.23. The predicted molar refractivity (Wildman–Crippen MR) is 76.1 cm³/mol. The van der Waals surface area contributed by atoms with Gasteiger partial charge in [0.25, 0.3) is 0 Å². The molecule has 1 aliphatic carbocycles. The largest absolute Gasteiger partial charge is 0.312 e. The van der Waals surface area contributed by atoms with E-state index in [1.165, 1.54) is 29.5 Å². The summed E-state index contributed by atoms with van der Waals surface area (Å²) in [7, 11) is 2.00. The molecule has 1 aliphatic rings. The first-order chi connectivity index (χ1) is 9.28. The van der Waals surface area contributed by atoms with Crippen LogP contribution in [0, 0.1) is 5.82 Å². The lowest BCUT2D eigenvalue weighted by molar-refractivity contribution is 0.501. The summed E-state index contributed by atoms with van der Waals surface area (Å²) in [6, 6.07) is 7.38. The predicted octanol–water partition coefficient (Wildman–Crippen LogP) is 3.47. The van der Waals surface area contributed by atoms with Crippen LogP contribution >= 0.6 is 11.3 Å². The number of aromatic nitrogens is 1. The van der Waals surface area contributed by atoms with Gasteiger partial charge in [0.05, 0.1) is 10.7 Å². The second kappa shape index (κ2) is 5.39. The van der Waals surface area contributed by atoms with Crippen LogP contribution in [0.4, 0.5) is 4.39 Å². The number of benzene rings is 1. The molecule has 0 amide bonds. The van der Waals surface area contributed by atoms with Crippen molar-refractivity contribution in [3.05, 3.63) is 51.2 Å². The fourth-order valence-corrected chi connectivity index (χ4v) is 3.91. The van der Waals surface area contributed by atoms with Crippen molar-refractivity contribution in [2.24, 2.45) is 0 Å². The molecule has 0 spiro atoms. The van der Waals surface area contributed by atoms with E-state index >= 15 is 0 Å². The molecule has 19 heavy (non-hydrogen) atoms. The summed E-state index contributed by atoms with van der Waals surface area (Å²) in [4.78, 5) is 6.04. The van der Waals surface area contributed by atoms with Gasteiger partial charge in [-0.25, -0.2) is 9.37 Å². The topological polar surface area (TPSA) is 24.9 Å². The molecule has 0 saturated carbocycles. The summed E-state index contributed by atoms with van der Waals surface area (Å²) < 4.78 is 13.7. The summed E-state index contributed by atoms with van der Waals surface area (Å²) in [6.07, 6.45) is 4.01. The SMILES string of the molecule is CNC1CCCc2nc(Cc3ccccc3F)sc21. The van der Waals surface area contributed by atoms with Gasteiger partial charge in [0, 0.05) is 17.3 Å². The number of rotatable bonds is 3. The summed E-state index contributed by atoms with van der Waals surface area (Å²) in [6.45, 7) is 0. The van der Waals surface area contributed by atoms with E-state index in [9.17, 15) is 4.39 Å². The maximum Gasteiger partial charge on any atom is 0.126 e. The average molecular weight is 276 g/mol. The number of halogens is 1. The minimum Gasteiger partial charge on any atom is -0.312 e. The van der Waals surface area contributed by atoms with E-state index in [-0.39, 0.29) is 5.82 Å². The van der Waals surface area contributed by atoms with Crippen molar-refractivity contribution < 1.29 is 4.39 Å². The molecule has 1 unspecified atom stereocenters. The minimum atomic E-state index is -0.138. The highest BCUT2D eigenvalue weighted by Crippen LogP contribution is 2.34. The van der Waals surface area contributed by atoms with Gasteiger partial charge in [-0.05, 0) is 37.9 Å². The molecule has 100 valence electrons. The van der Waals surface area contributed by atoms with Gasteiger partial charge in [-0.3, -0.25) is 0 Å². The van der Waals surface area contributed by atoms with Crippen molar-refractivity contribution in [2.75, 3.05) is 7.05 Å². The lowest BCUT2D eigenvalue weighted by Crippen LogP contribution is -2.19. The molecular formula is C15H17FN2S. The summed E-state index contributed by atoms with van der Waals surface area (Å²) in [5, 5.41) is 4.37. The molecule has 1 aromatic carbocycles. The molecule has 0 aliphatic heterocycles. The third-order valence-electron chi connectivity index (χ3n) is 3.64. The molecule has 1 atom stereocenters. The third kappa shape index (κ3) is 2.55.